The summed E-state index contributed by atoms with van der Waals surface area (Å²) in [6.45, 7) is -0.747. The summed E-state index contributed by atoms with van der Waals surface area (Å²) < 4.78 is 28.8. The van der Waals surface area contributed by atoms with Gasteiger partial charge in [0.1, 0.15) is 0 Å². The minimum absolute atomic E-state index is 0.0242. The van der Waals surface area contributed by atoms with E-state index < -0.39 is 6.61 Å². The highest BCUT2D eigenvalue weighted by atomic mass is 19.3. The molecule has 0 spiro atoms. The summed E-state index contributed by atoms with van der Waals surface area (Å²) in [5, 5.41) is 2.76. The van der Waals surface area contributed by atoms with E-state index in [2.05, 4.69) is 15.0 Å². The fourth-order valence-corrected chi connectivity index (χ4v) is 3.11. The molecule has 0 aliphatic carbocycles. The Morgan fingerprint density at radius 3 is 2.96 bits per heavy atom. The maximum absolute atomic E-state index is 12.6. The van der Waals surface area contributed by atoms with E-state index in [-0.39, 0.29) is 29.4 Å². The molecule has 2 fully saturated rings. The predicted molar refractivity (Wildman–Crippen MR) is 79.9 cm³/mol. The molecule has 2 aliphatic heterocycles. The molecule has 0 radical (unpaired) electrons. The Labute approximate surface area is 137 Å². The van der Waals surface area contributed by atoms with Gasteiger partial charge in [0.15, 0.2) is 0 Å². The van der Waals surface area contributed by atoms with Crippen molar-refractivity contribution >= 4 is 11.9 Å². The van der Waals surface area contributed by atoms with E-state index >= 15 is 0 Å². The standard InChI is InChI=1S/C15H18F2N4O3/c16-14(17)24-12-8-10(3-4-18-12)13(22)20-6-1-2-11(9-20)21-7-5-19-15(21)23/h3-4,8,11,14H,1-2,5-7,9H2,(H,19,23). The summed E-state index contributed by atoms with van der Waals surface area (Å²) in [7, 11) is 0. The number of likely N-dealkylation sites (tertiary alicyclic amines) is 1. The predicted octanol–water partition coefficient (Wildman–Crippen LogP) is 1.31. The third-order valence-electron chi connectivity index (χ3n) is 4.21. The van der Waals surface area contributed by atoms with Crippen LogP contribution in [-0.2, 0) is 0 Å². The SMILES string of the molecule is O=C(c1ccnc(OC(F)F)c1)N1CCCC(N2CCNC2=O)C1. The van der Waals surface area contributed by atoms with E-state index in [0.717, 1.165) is 12.8 Å². The van der Waals surface area contributed by atoms with Crippen LogP contribution in [0.4, 0.5) is 13.6 Å². The van der Waals surface area contributed by atoms with Crippen molar-refractivity contribution < 1.29 is 23.1 Å². The summed E-state index contributed by atoms with van der Waals surface area (Å²) in [5.74, 6) is -0.566. The van der Waals surface area contributed by atoms with Crippen molar-refractivity contribution in [2.45, 2.75) is 25.5 Å². The molecule has 1 unspecified atom stereocenters. The number of piperidine rings is 1. The second-order valence-corrected chi connectivity index (χ2v) is 5.73. The summed E-state index contributed by atoms with van der Waals surface area (Å²) in [5.41, 5.74) is 0.243. The molecule has 1 aromatic heterocycles. The van der Waals surface area contributed by atoms with Crippen molar-refractivity contribution in [2.75, 3.05) is 26.2 Å². The maximum Gasteiger partial charge on any atom is 0.388 e. The maximum atomic E-state index is 12.6. The lowest BCUT2D eigenvalue weighted by atomic mass is 10.0. The van der Waals surface area contributed by atoms with Gasteiger partial charge < -0.3 is 19.9 Å². The number of nitrogens with zero attached hydrogens (tertiary/aromatic N) is 3. The molecule has 0 saturated carbocycles. The quantitative estimate of drug-likeness (QED) is 0.897. The van der Waals surface area contributed by atoms with Gasteiger partial charge in [-0.2, -0.15) is 8.78 Å². The van der Waals surface area contributed by atoms with Gasteiger partial charge in [0, 0.05) is 44.0 Å². The molecule has 1 N–H and O–H groups in total. The Hall–Kier alpha value is -2.45. The summed E-state index contributed by atoms with van der Waals surface area (Å²) in [6, 6.07) is 2.54. The largest absolute Gasteiger partial charge is 0.417 e. The average Bonchev–Trinajstić information content (AvgIpc) is 3.00. The van der Waals surface area contributed by atoms with Crippen LogP contribution in [0, 0.1) is 0 Å². The van der Waals surface area contributed by atoms with Crippen molar-refractivity contribution in [2.24, 2.45) is 0 Å². The number of halogens is 2. The van der Waals surface area contributed by atoms with Gasteiger partial charge in [-0.3, -0.25) is 4.79 Å². The monoisotopic (exact) mass is 340 g/mol. The number of nitrogens with one attached hydrogen (secondary N) is 1. The molecule has 3 heterocycles. The highest BCUT2D eigenvalue weighted by molar-refractivity contribution is 5.94. The normalized spacial score (nSPS) is 21.1. The summed E-state index contributed by atoms with van der Waals surface area (Å²) >= 11 is 0. The first-order valence-electron chi connectivity index (χ1n) is 7.79. The molecule has 0 bridgehead atoms. The van der Waals surface area contributed by atoms with Crippen LogP contribution in [0.1, 0.15) is 23.2 Å². The van der Waals surface area contributed by atoms with Crippen LogP contribution >= 0.6 is 0 Å². The van der Waals surface area contributed by atoms with Gasteiger partial charge in [0.05, 0.1) is 6.04 Å². The first-order chi connectivity index (χ1) is 11.5. The van der Waals surface area contributed by atoms with Crippen LogP contribution in [0.3, 0.4) is 0 Å². The molecule has 2 saturated heterocycles. The van der Waals surface area contributed by atoms with E-state index in [9.17, 15) is 18.4 Å². The number of aromatic nitrogens is 1. The molecule has 0 aromatic carbocycles. The Balaban J connectivity index is 1.69. The first-order valence-corrected chi connectivity index (χ1v) is 7.79. The second kappa shape index (κ2) is 6.98. The van der Waals surface area contributed by atoms with Crippen molar-refractivity contribution in [1.29, 1.82) is 0 Å². The molecule has 9 heteroatoms. The molecule has 130 valence electrons. The Kier molecular flexibility index (Phi) is 4.77. The number of alkyl halides is 2. The van der Waals surface area contributed by atoms with Crippen molar-refractivity contribution in [3.05, 3.63) is 23.9 Å². The topological polar surface area (TPSA) is 74.8 Å². The molecule has 3 amide bonds. The molecular formula is C15H18F2N4O3. The Morgan fingerprint density at radius 2 is 2.25 bits per heavy atom. The molecule has 1 atom stereocenters. The Morgan fingerprint density at radius 1 is 1.42 bits per heavy atom. The zero-order valence-corrected chi connectivity index (χ0v) is 13.0. The zero-order valence-electron chi connectivity index (χ0n) is 13.0. The average molecular weight is 340 g/mol. The van der Waals surface area contributed by atoms with Gasteiger partial charge in [-0.15, -0.1) is 0 Å². The lowest BCUT2D eigenvalue weighted by Crippen LogP contribution is -2.50. The van der Waals surface area contributed by atoms with Crippen LogP contribution in [0.5, 0.6) is 5.88 Å². The molecular weight excluding hydrogens is 322 g/mol. The Bertz CT molecular complexity index is 628. The van der Waals surface area contributed by atoms with Gasteiger partial charge in [-0.05, 0) is 18.9 Å². The van der Waals surface area contributed by atoms with Gasteiger partial charge in [-0.1, -0.05) is 0 Å². The summed E-state index contributed by atoms with van der Waals surface area (Å²) in [6.07, 6.45) is 2.89. The molecule has 2 aliphatic rings. The second-order valence-electron chi connectivity index (χ2n) is 5.73. The number of hydrogen-bond acceptors (Lipinski definition) is 4. The van der Waals surface area contributed by atoms with Gasteiger partial charge in [-0.25, -0.2) is 9.78 Å². The number of rotatable bonds is 4. The third kappa shape index (κ3) is 3.55. The zero-order chi connectivity index (χ0) is 17.1. The number of amides is 3. The number of ether oxygens (including phenoxy) is 1. The van der Waals surface area contributed by atoms with Crippen LogP contribution in [0.15, 0.2) is 18.3 Å². The van der Waals surface area contributed by atoms with Crippen LogP contribution < -0.4 is 10.1 Å². The number of carbonyl (C=O) groups excluding carboxylic acids is 2. The number of hydrogen-bond donors (Lipinski definition) is 1. The number of carbonyl (C=O) groups is 2. The van der Waals surface area contributed by atoms with E-state index in [1.165, 1.54) is 18.3 Å². The van der Waals surface area contributed by atoms with Crippen LogP contribution in [-0.4, -0.2) is 65.6 Å². The fraction of sp³-hybridized carbons (Fsp3) is 0.533. The number of urea groups is 1. The van der Waals surface area contributed by atoms with Gasteiger partial charge >= 0.3 is 12.6 Å². The van der Waals surface area contributed by atoms with Crippen LogP contribution in [0.2, 0.25) is 0 Å². The van der Waals surface area contributed by atoms with E-state index in [1.807, 2.05) is 0 Å². The highest BCUT2D eigenvalue weighted by Gasteiger charge is 2.33. The van der Waals surface area contributed by atoms with E-state index in [0.29, 0.717) is 26.2 Å². The summed E-state index contributed by atoms with van der Waals surface area (Å²) in [4.78, 5) is 31.4. The fourth-order valence-electron chi connectivity index (χ4n) is 3.11. The molecule has 1 aromatic rings. The van der Waals surface area contributed by atoms with E-state index in [1.54, 1.807) is 9.80 Å². The molecule has 24 heavy (non-hydrogen) atoms. The van der Waals surface area contributed by atoms with Crippen molar-refractivity contribution in [3.63, 3.8) is 0 Å². The highest BCUT2D eigenvalue weighted by Crippen LogP contribution is 2.21. The smallest absolute Gasteiger partial charge is 0.388 e. The first kappa shape index (κ1) is 16.4. The van der Waals surface area contributed by atoms with Crippen LogP contribution in [0.25, 0.3) is 0 Å². The minimum atomic E-state index is -2.99. The lowest BCUT2D eigenvalue weighted by Gasteiger charge is -2.37. The molecule has 7 nitrogen and oxygen atoms in total. The van der Waals surface area contributed by atoms with Crippen molar-refractivity contribution in [3.8, 4) is 5.88 Å². The minimum Gasteiger partial charge on any atom is -0.417 e. The number of pyridine rings is 1. The van der Waals surface area contributed by atoms with E-state index in [4.69, 9.17) is 0 Å². The molecule has 3 rings (SSSR count). The van der Waals surface area contributed by atoms with Crippen molar-refractivity contribution in [1.82, 2.24) is 20.1 Å². The van der Waals surface area contributed by atoms with Gasteiger partial charge in [0.2, 0.25) is 5.88 Å². The lowest BCUT2D eigenvalue weighted by molar-refractivity contribution is -0.0529. The van der Waals surface area contributed by atoms with Gasteiger partial charge in [0.25, 0.3) is 5.91 Å². The third-order valence-corrected chi connectivity index (χ3v) is 4.21.